The smallest absolute Gasteiger partial charge is 0.128 e. The molecule has 0 radical (unpaired) electrons. The maximum absolute atomic E-state index is 6.03. The molecule has 2 rings (SSSR count). The highest BCUT2D eigenvalue weighted by Crippen LogP contribution is 2.40. The topological polar surface area (TPSA) is 77.0 Å². The highest BCUT2D eigenvalue weighted by molar-refractivity contribution is 6.30. The van der Waals surface area contributed by atoms with Gasteiger partial charge in [0.05, 0.1) is 11.1 Å². The second-order valence-electron chi connectivity index (χ2n) is 6.19. The number of nitrogens with one attached hydrogen (secondary N) is 1. The van der Waals surface area contributed by atoms with Crippen LogP contribution in [0.25, 0.3) is 0 Å². The quantitative estimate of drug-likeness (QED) is 0.588. The van der Waals surface area contributed by atoms with E-state index >= 15 is 0 Å². The van der Waals surface area contributed by atoms with Gasteiger partial charge >= 0.3 is 0 Å². The van der Waals surface area contributed by atoms with E-state index in [0.29, 0.717) is 16.8 Å². The van der Waals surface area contributed by atoms with Crippen LogP contribution < -0.4 is 17.0 Å². The van der Waals surface area contributed by atoms with Crippen LogP contribution in [0.2, 0.25) is 5.02 Å². The predicted molar refractivity (Wildman–Crippen MR) is 84.0 cm³/mol. The minimum atomic E-state index is 0.0364. The van der Waals surface area contributed by atoms with Crippen molar-refractivity contribution >= 4 is 17.4 Å². The lowest BCUT2D eigenvalue weighted by Crippen LogP contribution is -2.36. The van der Waals surface area contributed by atoms with Crippen LogP contribution in [-0.2, 0) is 0 Å². The van der Waals surface area contributed by atoms with Crippen molar-refractivity contribution in [1.29, 1.82) is 0 Å². The number of anilines is 1. The maximum Gasteiger partial charge on any atom is 0.128 e. The molecule has 1 aromatic rings. The minimum Gasteiger partial charge on any atom is -0.383 e. The summed E-state index contributed by atoms with van der Waals surface area (Å²) in [5.41, 5.74) is 9.83. The second kappa shape index (κ2) is 6.74. The zero-order valence-electron chi connectivity index (χ0n) is 12.3. The number of hydrogen-bond donors (Lipinski definition) is 3. The van der Waals surface area contributed by atoms with Crippen LogP contribution in [0, 0.1) is 17.8 Å². The van der Waals surface area contributed by atoms with Crippen LogP contribution in [0.1, 0.15) is 51.1 Å². The Morgan fingerprint density at radius 2 is 1.85 bits per heavy atom. The van der Waals surface area contributed by atoms with Gasteiger partial charge in [0.2, 0.25) is 0 Å². The normalized spacial score (nSPS) is 24.9. The second-order valence-corrected chi connectivity index (χ2v) is 6.63. The van der Waals surface area contributed by atoms with Crippen LogP contribution >= 0.6 is 11.6 Å². The van der Waals surface area contributed by atoms with E-state index in [1.54, 1.807) is 6.20 Å². The summed E-state index contributed by atoms with van der Waals surface area (Å²) in [7, 11) is 0. The van der Waals surface area contributed by atoms with Gasteiger partial charge in [-0.1, -0.05) is 25.4 Å². The molecular formula is C15H25ClN4. The van der Waals surface area contributed by atoms with Crippen LogP contribution in [0.15, 0.2) is 12.3 Å². The summed E-state index contributed by atoms with van der Waals surface area (Å²) in [5, 5.41) is 0.602. The van der Waals surface area contributed by atoms with Crippen molar-refractivity contribution in [3.8, 4) is 0 Å². The lowest BCUT2D eigenvalue weighted by Gasteiger charge is -2.35. The first kappa shape index (κ1) is 15.5. The van der Waals surface area contributed by atoms with Gasteiger partial charge in [0.25, 0.3) is 0 Å². The highest BCUT2D eigenvalue weighted by atomic mass is 35.5. The first-order valence-corrected chi connectivity index (χ1v) is 7.77. The summed E-state index contributed by atoms with van der Waals surface area (Å²) >= 11 is 6.03. The molecule has 0 amide bonds. The molecule has 1 atom stereocenters. The zero-order valence-corrected chi connectivity index (χ0v) is 13.0. The molecule has 1 fully saturated rings. The summed E-state index contributed by atoms with van der Waals surface area (Å²) in [6.07, 6.45) is 6.43. The van der Waals surface area contributed by atoms with Crippen LogP contribution in [0.3, 0.4) is 0 Å². The van der Waals surface area contributed by atoms with Gasteiger partial charge in [-0.05, 0) is 49.5 Å². The van der Waals surface area contributed by atoms with E-state index in [2.05, 4.69) is 24.3 Å². The summed E-state index contributed by atoms with van der Waals surface area (Å²) in [6.45, 7) is 4.62. The van der Waals surface area contributed by atoms with Crippen molar-refractivity contribution in [1.82, 2.24) is 10.4 Å². The molecule has 5 N–H and O–H groups in total. The first-order valence-electron chi connectivity index (χ1n) is 7.40. The van der Waals surface area contributed by atoms with Gasteiger partial charge in [-0.25, -0.2) is 4.98 Å². The number of hydrazine groups is 1. The summed E-state index contributed by atoms with van der Waals surface area (Å²) in [5.74, 6) is 8.38. The SMILES string of the molecule is CC(C)C1CCC(C(NN)c2cc(Cl)cnc2N)CC1. The third kappa shape index (κ3) is 3.43. The molecule has 1 heterocycles. The van der Waals surface area contributed by atoms with Gasteiger partial charge in [0.15, 0.2) is 0 Å². The van der Waals surface area contributed by atoms with Crippen molar-refractivity contribution in [2.75, 3.05) is 5.73 Å². The monoisotopic (exact) mass is 296 g/mol. The van der Waals surface area contributed by atoms with Crippen LogP contribution in [-0.4, -0.2) is 4.98 Å². The molecule has 112 valence electrons. The Morgan fingerprint density at radius 3 is 2.40 bits per heavy atom. The third-order valence-electron chi connectivity index (χ3n) is 4.66. The average Bonchev–Trinajstić information content (AvgIpc) is 2.44. The summed E-state index contributed by atoms with van der Waals surface area (Å²) < 4.78 is 0. The Morgan fingerprint density at radius 1 is 1.25 bits per heavy atom. The molecule has 0 aromatic carbocycles. The number of pyridine rings is 1. The molecule has 0 bridgehead atoms. The fourth-order valence-corrected chi connectivity index (χ4v) is 3.51. The van der Waals surface area contributed by atoms with Gasteiger partial charge < -0.3 is 5.73 Å². The Bertz CT molecular complexity index is 441. The van der Waals surface area contributed by atoms with Gasteiger partial charge in [-0.2, -0.15) is 0 Å². The number of nitrogens with two attached hydrogens (primary N) is 2. The van der Waals surface area contributed by atoms with Gasteiger partial charge in [0.1, 0.15) is 5.82 Å². The Labute approximate surface area is 126 Å². The Hall–Kier alpha value is -0.840. The zero-order chi connectivity index (χ0) is 14.7. The molecule has 1 aliphatic carbocycles. The Kier molecular flexibility index (Phi) is 5.24. The van der Waals surface area contributed by atoms with E-state index in [1.807, 2.05) is 6.07 Å². The van der Waals surface area contributed by atoms with E-state index in [4.69, 9.17) is 23.2 Å². The first-order chi connectivity index (χ1) is 9.52. The molecule has 0 spiro atoms. The summed E-state index contributed by atoms with van der Waals surface area (Å²) in [4.78, 5) is 4.14. The fourth-order valence-electron chi connectivity index (χ4n) is 3.34. The number of halogens is 1. The molecule has 1 aromatic heterocycles. The number of nitrogens with zero attached hydrogens (tertiary/aromatic N) is 1. The fraction of sp³-hybridized carbons (Fsp3) is 0.667. The molecule has 1 aliphatic rings. The molecule has 5 heteroatoms. The number of rotatable bonds is 4. The van der Waals surface area contributed by atoms with Crippen molar-refractivity contribution in [3.05, 3.63) is 22.8 Å². The average molecular weight is 297 g/mol. The lowest BCUT2D eigenvalue weighted by molar-refractivity contribution is 0.189. The van der Waals surface area contributed by atoms with Crippen molar-refractivity contribution in [2.24, 2.45) is 23.6 Å². The maximum atomic E-state index is 6.03. The number of aromatic nitrogens is 1. The van der Waals surface area contributed by atoms with Crippen molar-refractivity contribution in [2.45, 2.75) is 45.6 Å². The molecular weight excluding hydrogens is 272 g/mol. The lowest BCUT2D eigenvalue weighted by atomic mass is 9.73. The molecule has 0 aliphatic heterocycles. The molecule has 20 heavy (non-hydrogen) atoms. The van der Waals surface area contributed by atoms with Crippen LogP contribution in [0.4, 0.5) is 5.82 Å². The molecule has 0 saturated heterocycles. The van der Waals surface area contributed by atoms with Crippen molar-refractivity contribution < 1.29 is 0 Å². The van der Waals surface area contributed by atoms with E-state index in [-0.39, 0.29) is 6.04 Å². The predicted octanol–water partition coefficient (Wildman–Crippen LogP) is 3.28. The van der Waals surface area contributed by atoms with Crippen LogP contribution in [0.5, 0.6) is 0 Å². The molecule has 4 nitrogen and oxygen atoms in total. The van der Waals surface area contributed by atoms with E-state index < -0.39 is 0 Å². The van der Waals surface area contributed by atoms with Crippen molar-refractivity contribution in [3.63, 3.8) is 0 Å². The standard InChI is InChI=1S/C15H25ClN4/c1-9(2)10-3-5-11(6-4-10)14(20-18)13-7-12(16)8-19-15(13)17/h7-11,14,20H,3-6,18H2,1-2H3,(H2,17,19). The largest absolute Gasteiger partial charge is 0.383 e. The number of hydrogen-bond acceptors (Lipinski definition) is 4. The minimum absolute atomic E-state index is 0.0364. The van der Waals surface area contributed by atoms with E-state index in [1.165, 1.54) is 25.7 Å². The Balaban J connectivity index is 2.11. The van der Waals surface area contributed by atoms with Gasteiger partial charge in [0, 0.05) is 11.8 Å². The van der Waals surface area contributed by atoms with Gasteiger partial charge in [-0.3, -0.25) is 11.3 Å². The summed E-state index contributed by atoms with van der Waals surface area (Å²) in [6, 6.07) is 1.91. The van der Waals surface area contributed by atoms with E-state index in [9.17, 15) is 0 Å². The molecule has 1 saturated carbocycles. The van der Waals surface area contributed by atoms with E-state index in [0.717, 1.165) is 17.4 Å². The third-order valence-corrected chi connectivity index (χ3v) is 4.87. The highest BCUT2D eigenvalue weighted by Gasteiger charge is 2.30. The number of nitrogen functional groups attached to an aromatic ring is 1. The molecule has 1 unspecified atom stereocenters. The van der Waals surface area contributed by atoms with Gasteiger partial charge in [-0.15, -0.1) is 0 Å².